The lowest BCUT2D eigenvalue weighted by molar-refractivity contribution is -0.132. The quantitative estimate of drug-likeness (QED) is 0.628. The number of hydrogen-bond donors (Lipinski definition) is 0. The van der Waals surface area contributed by atoms with E-state index in [0.29, 0.717) is 13.1 Å². The molecular formula is C22H25FN4O. The summed E-state index contributed by atoms with van der Waals surface area (Å²) in [6, 6.07) is 16.0. The lowest BCUT2D eigenvalue weighted by Gasteiger charge is -2.27. The molecule has 0 bridgehead atoms. The Bertz CT molecular complexity index is 908. The Morgan fingerprint density at radius 2 is 1.79 bits per heavy atom. The van der Waals surface area contributed by atoms with E-state index in [4.69, 9.17) is 0 Å². The van der Waals surface area contributed by atoms with Crippen molar-refractivity contribution in [3.8, 4) is 5.69 Å². The zero-order chi connectivity index (χ0) is 20.1. The molecule has 146 valence electrons. The number of rotatable bonds is 7. The minimum absolute atomic E-state index is 0.00905. The van der Waals surface area contributed by atoms with Crippen molar-refractivity contribution in [1.82, 2.24) is 19.6 Å². The molecule has 2 aromatic carbocycles. The van der Waals surface area contributed by atoms with Crippen LogP contribution in [0.4, 0.5) is 4.39 Å². The maximum Gasteiger partial charge on any atom is 0.236 e. The van der Waals surface area contributed by atoms with Crippen molar-refractivity contribution < 1.29 is 9.18 Å². The molecule has 5 nitrogen and oxygen atoms in total. The molecule has 0 aliphatic carbocycles. The molecule has 0 saturated carbocycles. The highest BCUT2D eigenvalue weighted by molar-refractivity contribution is 5.78. The van der Waals surface area contributed by atoms with Crippen LogP contribution in [0, 0.1) is 5.82 Å². The minimum atomic E-state index is -0.277. The molecule has 0 saturated heterocycles. The zero-order valence-corrected chi connectivity index (χ0v) is 16.4. The molecule has 6 heteroatoms. The maximum absolute atomic E-state index is 13.1. The first-order valence-corrected chi connectivity index (χ1v) is 9.22. The Morgan fingerprint density at radius 1 is 1.11 bits per heavy atom. The molecule has 1 heterocycles. The minimum Gasteiger partial charge on any atom is -0.338 e. The molecule has 28 heavy (non-hydrogen) atoms. The first-order chi connectivity index (χ1) is 13.4. The van der Waals surface area contributed by atoms with Crippen LogP contribution in [0.5, 0.6) is 0 Å². The predicted octanol–water partition coefficient (Wildman–Crippen LogP) is 3.66. The zero-order valence-electron chi connectivity index (χ0n) is 16.4. The number of hydrogen-bond acceptors (Lipinski definition) is 3. The largest absolute Gasteiger partial charge is 0.338 e. The van der Waals surface area contributed by atoms with Crippen molar-refractivity contribution >= 4 is 5.91 Å². The Morgan fingerprint density at radius 3 is 2.46 bits per heavy atom. The van der Waals surface area contributed by atoms with Crippen LogP contribution in [0.25, 0.3) is 5.69 Å². The smallest absolute Gasteiger partial charge is 0.236 e. The molecule has 1 atom stereocenters. The van der Waals surface area contributed by atoms with Crippen LogP contribution < -0.4 is 0 Å². The van der Waals surface area contributed by atoms with Gasteiger partial charge in [0.1, 0.15) is 5.82 Å². The number of benzene rings is 2. The summed E-state index contributed by atoms with van der Waals surface area (Å²) >= 11 is 0. The number of likely N-dealkylation sites (N-methyl/N-ethyl adjacent to an activating group) is 2. The molecule has 3 aromatic rings. The van der Waals surface area contributed by atoms with E-state index in [9.17, 15) is 9.18 Å². The lowest BCUT2D eigenvalue weighted by atomic mass is 10.1. The summed E-state index contributed by atoms with van der Waals surface area (Å²) in [5.41, 5.74) is 2.94. The summed E-state index contributed by atoms with van der Waals surface area (Å²) in [6.07, 6.45) is 3.79. The van der Waals surface area contributed by atoms with Gasteiger partial charge in [0.2, 0.25) is 5.91 Å². The second-order valence-corrected chi connectivity index (χ2v) is 7.03. The van der Waals surface area contributed by atoms with Crippen LogP contribution in [0.15, 0.2) is 67.0 Å². The Labute approximate surface area is 165 Å². The maximum atomic E-state index is 13.1. The Balaban J connectivity index is 1.56. The van der Waals surface area contributed by atoms with E-state index in [1.165, 1.54) is 12.1 Å². The Kier molecular flexibility index (Phi) is 6.21. The molecule has 1 aromatic heterocycles. The van der Waals surface area contributed by atoms with Gasteiger partial charge in [-0.25, -0.2) is 9.07 Å². The van der Waals surface area contributed by atoms with Crippen molar-refractivity contribution in [3.63, 3.8) is 0 Å². The molecular weight excluding hydrogens is 355 g/mol. The Hall–Kier alpha value is -2.99. The SMILES string of the molecule is CC(c1ccc(F)cc1)N(C)C(=O)CN(C)Cc1cnn(-c2ccccc2)c1. The third-order valence-electron chi connectivity index (χ3n) is 4.84. The number of halogens is 1. The fraction of sp³-hybridized carbons (Fsp3) is 0.273. The van der Waals surface area contributed by atoms with Crippen molar-refractivity contribution in [3.05, 3.63) is 83.9 Å². The summed E-state index contributed by atoms with van der Waals surface area (Å²) in [6.45, 7) is 2.85. The van der Waals surface area contributed by atoms with Gasteiger partial charge in [0.25, 0.3) is 0 Å². The van der Waals surface area contributed by atoms with Gasteiger partial charge in [-0.15, -0.1) is 0 Å². The summed E-state index contributed by atoms with van der Waals surface area (Å²) < 4.78 is 14.9. The normalized spacial score (nSPS) is 12.2. The molecule has 0 N–H and O–H groups in total. The van der Waals surface area contributed by atoms with E-state index in [2.05, 4.69) is 5.10 Å². The standard InChI is InChI=1S/C22H25FN4O/c1-17(19-9-11-20(23)12-10-19)26(3)22(28)16-25(2)14-18-13-24-27(15-18)21-7-5-4-6-8-21/h4-13,15,17H,14,16H2,1-3H3. The van der Waals surface area contributed by atoms with Gasteiger partial charge in [-0.1, -0.05) is 30.3 Å². The third kappa shape index (κ3) is 4.84. The van der Waals surface area contributed by atoms with Gasteiger partial charge in [-0.3, -0.25) is 9.69 Å². The molecule has 3 rings (SSSR count). The van der Waals surface area contributed by atoms with Crippen molar-refractivity contribution in [1.29, 1.82) is 0 Å². The van der Waals surface area contributed by atoms with Gasteiger partial charge >= 0.3 is 0 Å². The van der Waals surface area contributed by atoms with Crippen LogP contribution in [0.2, 0.25) is 0 Å². The number of nitrogens with zero attached hydrogens (tertiary/aromatic N) is 4. The second-order valence-electron chi connectivity index (χ2n) is 7.03. The monoisotopic (exact) mass is 380 g/mol. The number of amides is 1. The van der Waals surface area contributed by atoms with Crippen LogP contribution in [-0.4, -0.2) is 46.1 Å². The van der Waals surface area contributed by atoms with Gasteiger partial charge in [0.15, 0.2) is 0 Å². The molecule has 0 aliphatic heterocycles. The molecule has 0 fully saturated rings. The average molecular weight is 380 g/mol. The van der Waals surface area contributed by atoms with Gasteiger partial charge in [-0.05, 0) is 43.8 Å². The van der Waals surface area contributed by atoms with Crippen LogP contribution in [0.1, 0.15) is 24.1 Å². The molecule has 0 radical (unpaired) electrons. The van der Waals surface area contributed by atoms with E-state index < -0.39 is 0 Å². The average Bonchev–Trinajstić information content (AvgIpc) is 3.16. The highest BCUT2D eigenvalue weighted by Gasteiger charge is 2.19. The van der Waals surface area contributed by atoms with Gasteiger partial charge in [0.05, 0.1) is 24.5 Å². The first kappa shape index (κ1) is 19.8. The summed E-state index contributed by atoms with van der Waals surface area (Å²) in [5.74, 6) is -0.268. The van der Waals surface area contributed by atoms with E-state index in [-0.39, 0.29) is 17.8 Å². The van der Waals surface area contributed by atoms with E-state index in [1.54, 1.807) is 24.1 Å². The van der Waals surface area contributed by atoms with Gasteiger partial charge in [-0.2, -0.15) is 5.10 Å². The molecule has 1 amide bonds. The second kappa shape index (κ2) is 8.80. The van der Waals surface area contributed by atoms with Crippen LogP contribution >= 0.6 is 0 Å². The van der Waals surface area contributed by atoms with Crippen LogP contribution in [0.3, 0.4) is 0 Å². The molecule has 1 unspecified atom stereocenters. The molecule has 0 aliphatic rings. The number of carbonyl (C=O) groups excluding carboxylic acids is 1. The summed E-state index contributed by atoms with van der Waals surface area (Å²) in [4.78, 5) is 16.3. The molecule has 0 spiro atoms. The third-order valence-corrected chi connectivity index (χ3v) is 4.84. The number of para-hydroxylation sites is 1. The van der Waals surface area contributed by atoms with Crippen molar-refractivity contribution in [2.75, 3.05) is 20.6 Å². The van der Waals surface area contributed by atoms with Gasteiger partial charge < -0.3 is 4.90 Å². The summed E-state index contributed by atoms with van der Waals surface area (Å²) in [7, 11) is 3.69. The summed E-state index contributed by atoms with van der Waals surface area (Å²) in [5, 5.41) is 4.39. The fourth-order valence-corrected chi connectivity index (χ4v) is 3.05. The van der Waals surface area contributed by atoms with Gasteiger partial charge in [0, 0.05) is 25.4 Å². The van der Waals surface area contributed by atoms with Crippen molar-refractivity contribution in [2.24, 2.45) is 0 Å². The fourth-order valence-electron chi connectivity index (χ4n) is 3.05. The van der Waals surface area contributed by atoms with Crippen molar-refractivity contribution in [2.45, 2.75) is 19.5 Å². The van der Waals surface area contributed by atoms with E-state index in [1.807, 2.05) is 66.3 Å². The lowest BCUT2D eigenvalue weighted by Crippen LogP contribution is -2.37. The number of carbonyl (C=O) groups is 1. The topological polar surface area (TPSA) is 41.4 Å². The van der Waals surface area contributed by atoms with E-state index in [0.717, 1.165) is 16.8 Å². The highest BCUT2D eigenvalue weighted by Crippen LogP contribution is 2.19. The first-order valence-electron chi connectivity index (χ1n) is 9.22. The predicted molar refractivity (Wildman–Crippen MR) is 107 cm³/mol. The van der Waals surface area contributed by atoms with Crippen LogP contribution in [-0.2, 0) is 11.3 Å². The highest BCUT2D eigenvalue weighted by atomic mass is 19.1. The number of aromatic nitrogens is 2. The van der Waals surface area contributed by atoms with E-state index >= 15 is 0 Å².